The van der Waals surface area contributed by atoms with Crippen LogP contribution in [0.15, 0.2) is 48.5 Å². The molecule has 0 aliphatic rings. The first-order valence-electron chi connectivity index (χ1n) is 5.79. The molecule has 0 bridgehead atoms. The number of nitriles is 1. The fourth-order valence-electron chi connectivity index (χ4n) is 1.68. The predicted molar refractivity (Wildman–Crippen MR) is 66.9 cm³/mol. The molecule has 2 aromatic rings. The van der Waals surface area contributed by atoms with E-state index < -0.39 is 11.7 Å². The van der Waals surface area contributed by atoms with Crippen molar-refractivity contribution in [3.8, 4) is 11.8 Å². The van der Waals surface area contributed by atoms with Crippen LogP contribution in [0.3, 0.4) is 0 Å². The predicted octanol–water partition coefficient (Wildman–Crippen LogP) is 4.16. The van der Waals surface area contributed by atoms with Gasteiger partial charge in [-0.25, -0.2) is 0 Å². The number of nitrogens with zero attached hydrogens (tertiary/aromatic N) is 1. The van der Waals surface area contributed by atoms with Crippen LogP contribution in [0.1, 0.15) is 16.7 Å². The number of alkyl halides is 3. The molecule has 0 amide bonds. The normalized spacial score (nSPS) is 10.9. The van der Waals surface area contributed by atoms with Gasteiger partial charge in [-0.2, -0.15) is 18.4 Å². The maximum absolute atomic E-state index is 12.9. The summed E-state index contributed by atoms with van der Waals surface area (Å²) >= 11 is 0. The fourth-order valence-corrected chi connectivity index (χ4v) is 1.68. The first-order chi connectivity index (χ1) is 9.50. The minimum absolute atomic E-state index is 0.0375. The number of halogens is 3. The van der Waals surface area contributed by atoms with Crippen LogP contribution in [-0.4, -0.2) is 0 Å². The van der Waals surface area contributed by atoms with Crippen molar-refractivity contribution >= 4 is 0 Å². The average Bonchev–Trinajstić information content (AvgIpc) is 2.45. The Kier molecular flexibility index (Phi) is 3.94. The van der Waals surface area contributed by atoms with Gasteiger partial charge < -0.3 is 4.74 Å². The molecule has 0 saturated heterocycles. The highest BCUT2D eigenvalue weighted by atomic mass is 19.4. The number of benzene rings is 2. The molecular formula is C15H10F3NO. The Morgan fingerprint density at radius 2 is 1.75 bits per heavy atom. The quantitative estimate of drug-likeness (QED) is 0.844. The summed E-state index contributed by atoms with van der Waals surface area (Å²) in [7, 11) is 0. The molecule has 2 aromatic carbocycles. The summed E-state index contributed by atoms with van der Waals surface area (Å²) in [5.74, 6) is -0.277. The van der Waals surface area contributed by atoms with Crippen molar-refractivity contribution in [2.45, 2.75) is 12.8 Å². The third kappa shape index (κ3) is 3.29. The zero-order chi connectivity index (χ0) is 14.6. The van der Waals surface area contributed by atoms with E-state index >= 15 is 0 Å². The standard InChI is InChI=1S/C15H10F3NO/c16-15(17,18)13-8-12(9-19)6-7-14(13)20-10-11-4-2-1-3-5-11/h1-8H,10H2. The highest BCUT2D eigenvalue weighted by Crippen LogP contribution is 2.37. The lowest BCUT2D eigenvalue weighted by molar-refractivity contribution is -0.139. The molecule has 0 aromatic heterocycles. The molecule has 0 spiro atoms. The molecule has 2 nitrogen and oxygen atoms in total. The van der Waals surface area contributed by atoms with E-state index in [0.717, 1.165) is 11.6 Å². The lowest BCUT2D eigenvalue weighted by Gasteiger charge is -2.14. The summed E-state index contributed by atoms with van der Waals surface area (Å²) < 4.78 is 43.9. The molecule has 0 heterocycles. The first-order valence-corrected chi connectivity index (χ1v) is 5.79. The van der Waals surface area contributed by atoms with Crippen molar-refractivity contribution in [3.63, 3.8) is 0 Å². The molecular weight excluding hydrogens is 267 g/mol. The molecule has 0 unspecified atom stereocenters. The van der Waals surface area contributed by atoms with Gasteiger partial charge in [-0.1, -0.05) is 30.3 Å². The molecule has 0 fully saturated rings. The lowest BCUT2D eigenvalue weighted by Crippen LogP contribution is -2.09. The summed E-state index contributed by atoms with van der Waals surface area (Å²) in [4.78, 5) is 0. The SMILES string of the molecule is N#Cc1ccc(OCc2ccccc2)c(C(F)(F)F)c1. The fraction of sp³-hybridized carbons (Fsp3) is 0.133. The third-order valence-corrected chi connectivity index (χ3v) is 2.65. The van der Waals surface area contributed by atoms with Gasteiger partial charge in [0, 0.05) is 0 Å². The van der Waals surface area contributed by atoms with Crippen molar-refractivity contribution in [2.75, 3.05) is 0 Å². The zero-order valence-corrected chi connectivity index (χ0v) is 10.3. The molecule has 0 aliphatic heterocycles. The Morgan fingerprint density at radius 3 is 2.35 bits per heavy atom. The number of rotatable bonds is 3. The first kappa shape index (κ1) is 13.9. The molecule has 0 atom stereocenters. The molecule has 0 N–H and O–H groups in total. The number of ether oxygens (including phenoxy) is 1. The van der Waals surface area contributed by atoms with E-state index in [2.05, 4.69) is 0 Å². The summed E-state index contributed by atoms with van der Waals surface area (Å²) in [5, 5.41) is 8.67. The van der Waals surface area contributed by atoms with Gasteiger partial charge in [0.15, 0.2) is 0 Å². The molecule has 20 heavy (non-hydrogen) atoms. The maximum Gasteiger partial charge on any atom is 0.420 e. The van der Waals surface area contributed by atoms with Gasteiger partial charge in [-0.3, -0.25) is 0 Å². The summed E-state index contributed by atoms with van der Waals surface area (Å²) in [6.45, 7) is 0.0375. The van der Waals surface area contributed by atoms with Crippen molar-refractivity contribution < 1.29 is 17.9 Å². The third-order valence-electron chi connectivity index (χ3n) is 2.65. The minimum Gasteiger partial charge on any atom is -0.488 e. The summed E-state index contributed by atoms with van der Waals surface area (Å²) in [6, 6.07) is 13.8. The van der Waals surface area contributed by atoms with E-state index in [-0.39, 0.29) is 17.9 Å². The van der Waals surface area contributed by atoms with Gasteiger partial charge in [0.25, 0.3) is 0 Å². The highest BCUT2D eigenvalue weighted by molar-refractivity contribution is 5.43. The number of hydrogen-bond acceptors (Lipinski definition) is 2. The van der Waals surface area contributed by atoms with E-state index in [0.29, 0.717) is 0 Å². The van der Waals surface area contributed by atoms with Crippen molar-refractivity contribution in [3.05, 3.63) is 65.2 Å². The van der Waals surface area contributed by atoms with Gasteiger partial charge in [-0.05, 0) is 23.8 Å². The second-order valence-corrected chi connectivity index (χ2v) is 4.09. The van der Waals surface area contributed by atoms with Crippen LogP contribution in [0, 0.1) is 11.3 Å². The topological polar surface area (TPSA) is 33.0 Å². The van der Waals surface area contributed by atoms with Gasteiger partial charge in [-0.15, -0.1) is 0 Å². The van der Waals surface area contributed by atoms with E-state index in [1.165, 1.54) is 12.1 Å². The summed E-state index contributed by atoms with van der Waals surface area (Å²) in [5.41, 5.74) is -0.221. The Hall–Kier alpha value is -2.48. The van der Waals surface area contributed by atoms with Crippen molar-refractivity contribution in [2.24, 2.45) is 0 Å². The maximum atomic E-state index is 12.9. The second kappa shape index (κ2) is 5.66. The Balaban J connectivity index is 2.25. The Morgan fingerprint density at radius 1 is 1.05 bits per heavy atom. The van der Waals surface area contributed by atoms with Crippen LogP contribution in [0.4, 0.5) is 13.2 Å². The van der Waals surface area contributed by atoms with Crippen LogP contribution in [0.25, 0.3) is 0 Å². The van der Waals surface area contributed by atoms with E-state index in [4.69, 9.17) is 10.00 Å². The van der Waals surface area contributed by atoms with Crippen LogP contribution >= 0.6 is 0 Å². The minimum atomic E-state index is -4.56. The lowest BCUT2D eigenvalue weighted by atomic mass is 10.1. The monoisotopic (exact) mass is 277 g/mol. The van der Waals surface area contributed by atoms with E-state index in [1.54, 1.807) is 30.3 Å². The highest BCUT2D eigenvalue weighted by Gasteiger charge is 2.34. The summed E-state index contributed by atoms with van der Waals surface area (Å²) in [6.07, 6.45) is -4.56. The van der Waals surface area contributed by atoms with Crippen LogP contribution in [0.2, 0.25) is 0 Å². The van der Waals surface area contributed by atoms with Crippen molar-refractivity contribution in [1.29, 1.82) is 5.26 Å². The van der Waals surface area contributed by atoms with Crippen LogP contribution in [0.5, 0.6) is 5.75 Å². The smallest absolute Gasteiger partial charge is 0.420 e. The molecule has 0 radical (unpaired) electrons. The van der Waals surface area contributed by atoms with Gasteiger partial charge in [0.1, 0.15) is 12.4 Å². The van der Waals surface area contributed by atoms with E-state index in [1.807, 2.05) is 6.07 Å². The van der Waals surface area contributed by atoms with Gasteiger partial charge in [0.2, 0.25) is 0 Å². The molecule has 5 heteroatoms. The Labute approximate surface area is 114 Å². The van der Waals surface area contributed by atoms with Crippen LogP contribution in [-0.2, 0) is 12.8 Å². The molecule has 102 valence electrons. The second-order valence-electron chi connectivity index (χ2n) is 4.09. The Bertz CT molecular complexity index is 630. The van der Waals surface area contributed by atoms with Crippen molar-refractivity contribution in [1.82, 2.24) is 0 Å². The largest absolute Gasteiger partial charge is 0.488 e. The zero-order valence-electron chi connectivity index (χ0n) is 10.3. The van der Waals surface area contributed by atoms with Crippen LogP contribution < -0.4 is 4.74 Å². The number of hydrogen-bond donors (Lipinski definition) is 0. The molecule has 0 saturated carbocycles. The van der Waals surface area contributed by atoms with Gasteiger partial charge in [0.05, 0.1) is 17.2 Å². The van der Waals surface area contributed by atoms with Gasteiger partial charge >= 0.3 is 6.18 Å². The molecule has 2 rings (SSSR count). The average molecular weight is 277 g/mol. The van der Waals surface area contributed by atoms with E-state index in [9.17, 15) is 13.2 Å². The molecule has 0 aliphatic carbocycles.